The van der Waals surface area contributed by atoms with Crippen LogP contribution in [0.5, 0.6) is 0 Å². The molecule has 0 saturated heterocycles. The SMILES string of the molecule is C=C(C[Si](C)(C)C)[C@@H](OC(=O)N(C(C)C)C(C)C)[C@H](O)[C@H](C)OCc1ccccc1. The molecule has 1 rings (SSSR count). The predicted molar refractivity (Wildman–Crippen MR) is 126 cm³/mol. The third kappa shape index (κ3) is 8.62. The van der Waals surface area contributed by atoms with Crippen LogP contribution in [0.4, 0.5) is 4.79 Å². The van der Waals surface area contributed by atoms with Crippen LogP contribution in [-0.4, -0.2) is 54.6 Å². The number of ether oxygens (including phenoxy) is 2. The molecule has 0 heterocycles. The van der Waals surface area contributed by atoms with Crippen molar-refractivity contribution in [2.45, 2.75) is 97.3 Å². The van der Waals surface area contributed by atoms with Crippen molar-refractivity contribution in [3.8, 4) is 0 Å². The van der Waals surface area contributed by atoms with Gasteiger partial charge in [-0.05, 0) is 51.8 Å². The van der Waals surface area contributed by atoms with Gasteiger partial charge in [0.15, 0.2) is 6.10 Å². The fourth-order valence-corrected chi connectivity index (χ4v) is 5.07. The zero-order valence-electron chi connectivity index (χ0n) is 20.0. The monoisotopic (exact) mass is 435 g/mol. The lowest BCUT2D eigenvalue weighted by molar-refractivity contribution is -0.0850. The summed E-state index contributed by atoms with van der Waals surface area (Å²) >= 11 is 0. The molecule has 1 aromatic rings. The summed E-state index contributed by atoms with van der Waals surface area (Å²) < 4.78 is 11.8. The summed E-state index contributed by atoms with van der Waals surface area (Å²) in [6.45, 7) is 20.9. The van der Waals surface area contributed by atoms with Crippen molar-refractivity contribution >= 4 is 14.2 Å². The van der Waals surface area contributed by atoms with E-state index in [1.165, 1.54) is 0 Å². The summed E-state index contributed by atoms with van der Waals surface area (Å²) in [4.78, 5) is 14.6. The van der Waals surface area contributed by atoms with Gasteiger partial charge in [-0.15, -0.1) is 0 Å². The van der Waals surface area contributed by atoms with Crippen molar-refractivity contribution in [3.63, 3.8) is 0 Å². The van der Waals surface area contributed by atoms with Gasteiger partial charge in [-0.1, -0.05) is 56.6 Å². The molecule has 1 amide bonds. The molecular formula is C24H41NO4Si. The minimum Gasteiger partial charge on any atom is -0.439 e. The summed E-state index contributed by atoms with van der Waals surface area (Å²) in [6.07, 6.45) is -2.76. The summed E-state index contributed by atoms with van der Waals surface area (Å²) in [6, 6.07) is 10.6. The molecule has 0 fully saturated rings. The molecule has 170 valence electrons. The molecule has 1 N–H and O–H groups in total. The lowest BCUT2D eigenvalue weighted by atomic mass is 10.0. The number of nitrogens with zero attached hydrogens (tertiary/aromatic N) is 1. The van der Waals surface area contributed by atoms with E-state index in [9.17, 15) is 9.90 Å². The van der Waals surface area contributed by atoms with Gasteiger partial charge in [0.1, 0.15) is 6.10 Å². The Balaban J connectivity index is 2.97. The maximum Gasteiger partial charge on any atom is 0.410 e. The van der Waals surface area contributed by atoms with Gasteiger partial charge in [-0.3, -0.25) is 0 Å². The van der Waals surface area contributed by atoms with Crippen molar-refractivity contribution in [1.82, 2.24) is 4.90 Å². The van der Waals surface area contributed by atoms with Crippen LogP contribution in [0.3, 0.4) is 0 Å². The van der Waals surface area contributed by atoms with Crippen molar-refractivity contribution in [3.05, 3.63) is 48.0 Å². The Morgan fingerprint density at radius 3 is 2.07 bits per heavy atom. The molecule has 0 unspecified atom stereocenters. The van der Waals surface area contributed by atoms with Gasteiger partial charge in [0.05, 0.1) is 12.7 Å². The quantitative estimate of drug-likeness (QED) is 0.370. The van der Waals surface area contributed by atoms with Crippen molar-refractivity contribution in [1.29, 1.82) is 0 Å². The molecule has 0 aliphatic carbocycles. The van der Waals surface area contributed by atoms with Crippen LogP contribution >= 0.6 is 0 Å². The second kappa shape index (κ2) is 11.7. The first-order valence-corrected chi connectivity index (χ1v) is 14.5. The van der Waals surface area contributed by atoms with Gasteiger partial charge in [0.25, 0.3) is 0 Å². The van der Waals surface area contributed by atoms with Crippen LogP contribution in [0.25, 0.3) is 0 Å². The molecule has 30 heavy (non-hydrogen) atoms. The molecular weight excluding hydrogens is 394 g/mol. The molecule has 0 bridgehead atoms. The summed E-state index contributed by atoms with van der Waals surface area (Å²) in [5.41, 5.74) is 1.77. The molecule has 5 nitrogen and oxygen atoms in total. The highest BCUT2D eigenvalue weighted by Gasteiger charge is 2.35. The van der Waals surface area contributed by atoms with Crippen molar-refractivity contribution < 1.29 is 19.4 Å². The Labute approximate surface area is 184 Å². The van der Waals surface area contributed by atoms with Gasteiger partial charge in [0, 0.05) is 20.2 Å². The van der Waals surface area contributed by atoms with E-state index in [-0.39, 0.29) is 12.1 Å². The Hall–Kier alpha value is -1.63. The van der Waals surface area contributed by atoms with Gasteiger partial charge < -0.3 is 19.5 Å². The number of hydrogen-bond donors (Lipinski definition) is 1. The predicted octanol–water partition coefficient (Wildman–Crippen LogP) is 5.47. The first-order valence-electron chi connectivity index (χ1n) is 10.8. The molecule has 0 radical (unpaired) electrons. The van der Waals surface area contributed by atoms with Crippen molar-refractivity contribution in [2.75, 3.05) is 0 Å². The normalized spacial score (nSPS) is 15.0. The van der Waals surface area contributed by atoms with Crippen LogP contribution in [-0.2, 0) is 16.1 Å². The standard InChI is InChI=1S/C24H41NO4Si/c1-17(2)25(18(3)4)24(27)29-23(19(5)16-30(7,8)9)22(26)20(6)28-15-21-13-11-10-12-14-21/h10-14,17-18,20,22-23,26H,5,15-16H2,1-4,6-9H3/t20-,22+,23+/m0/s1. The van der Waals surface area contributed by atoms with Gasteiger partial charge >= 0.3 is 6.09 Å². The van der Waals surface area contributed by atoms with Gasteiger partial charge in [-0.2, -0.15) is 0 Å². The van der Waals surface area contributed by atoms with E-state index in [1.54, 1.807) is 11.8 Å². The number of benzene rings is 1. The third-order valence-corrected chi connectivity index (χ3v) is 6.37. The third-order valence-electron chi connectivity index (χ3n) is 4.86. The van der Waals surface area contributed by atoms with Gasteiger partial charge in [-0.25, -0.2) is 4.79 Å². The summed E-state index contributed by atoms with van der Waals surface area (Å²) in [5.74, 6) is 0. The molecule has 6 heteroatoms. The van der Waals surface area contributed by atoms with E-state index in [0.717, 1.165) is 17.2 Å². The van der Waals surface area contributed by atoms with Crippen LogP contribution in [0.15, 0.2) is 42.5 Å². The highest BCUT2D eigenvalue weighted by atomic mass is 28.3. The fourth-order valence-electron chi connectivity index (χ4n) is 3.51. The Morgan fingerprint density at radius 1 is 1.07 bits per heavy atom. The van der Waals surface area contributed by atoms with E-state index in [0.29, 0.717) is 6.61 Å². The zero-order valence-corrected chi connectivity index (χ0v) is 21.0. The smallest absolute Gasteiger partial charge is 0.410 e. The lowest BCUT2D eigenvalue weighted by Crippen LogP contribution is -2.48. The molecule has 0 saturated carbocycles. The summed E-state index contributed by atoms with van der Waals surface area (Å²) in [7, 11) is -1.51. The number of amides is 1. The average Bonchev–Trinajstić information content (AvgIpc) is 2.62. The van der Waals surface area contributed by atoms with Crippen molar-refractivity contribution in [2.24, 2.45) is 0 Å². The highest BCUT2D eigenvalue weighted by Crippen LogP contribution is 2.25. The molecule has 3 atom stereocenters. The number of aliphatic hydroxyl groups excluding tert-OH is 1. The van der Waals surface area contributed by atoms with E-state index in [1.807, 2.05) is 58.0 Å². The van der Waals surface area contributed by atoms with E-state index in [4.69, 9.17) is 9.47 Å². The van der Waals surface area contributed by atoms with Crippen LogP contribution in [0, 0.1) is 0 Å². The number of hydrogen-bond acceptors (Lipinski definition) is 4. The first-order chi connectivity index (χ1) is 13.8. The maximum atomic E-state index is 12.9. The summed E-state index contributed by atoms with van der Waals surface area (Å²) in [5, 5.41) is 11.1. The topological polar surface area (TPSA) is 59.0 Å². The van der Waals surface area contributed by atoms with Crippen LogP contribution in [0.2, 0.25) is 25.7 Å². The molecule has 1 aromatic carbocycles. The van der Waals surface area contributed by atoms with Crippen LogP contribution in [0.1, 0.15) is 40.2 Å². The van der Waals surface area contributed by atoms with E-state index < -0.39 is 32.5 Å². The Morgan fingerprint density at radius 2 is 1.60 bits per heavy atom. The minimum absolute atomic E-state index is 0.00713. The second-order valence-electron chi connectivity index (χ2n) is 9.79. The van der Waals surface area contributed by atoms with Gasteiger partial charge in [0.2, 0.25) is 0 Å². The largest absolute Gasteiger partial charge is 0.439 e. The fraction of sp³-hybridized carbons (Fsp3) is 0.625. The first kappa shape index (κ1) is 26.4. The minimum atomic E-state index is -1.51. The molecule has 0 aliphatic heterocycles. The number of carbonyl (C=O) groups is 1. The maximum absolute atomic E-state index is 12.9. The molecule has 0 aliphatic rings. The number of aliphatic hydroxyl groups is 1. The highest BCUT2D eigenvalue weighted by molar-refractivity contribution is 6.76. The lowest BCUT2D eigenvalue weighted by Gasteiger charge is -2.35. The van der Waals surface area contributed by atoms with E-state index >= 15 is 0 Å². The van der Waals surface area contributed by atoms with Crippen LogP contribution < -0.4 is 0 Å². The number of rotatable bonds is 11. The van der Waals surface area contributed by atoms with E-state index in [2.05, 4.69) is 26.2 Å². The molecule has 0 spiro atoms. The Bertz CT molecular complexity index is 662. The second-order valence-corrected chi connectivity index (χ2v) is 15.3. The number of carbonyl (C=O) groups excluding carboxylic acids is 1. The molecule has 0 aromatic heterocycles. The Kier molecular flexibility index (Phi) is 10.3. The zero-order chi connectivity index (χ0) is 23.1. The average molecular weight is 436 g/mol.